The van der Waals surface area contributed by atoms with Crippen molar-refractivity contribution in [3.8, 4) is 0 Å². The fourth-order valence-corrected chi connectivity index (χ4v) is 5.91. The fourth-order valence-electron chi connectivity index (χ4n) is 4.85. The molecule has 43 heavy (non-hydrogen) atoms. The number of benzene rings is 2. The van der Waals surface area contributed by atoms with Crippen LogP contribution in [0.3, 0.4) is 0 Å². The van der Waals surface area contributed by atoms with E-state index < -0.39 is 16.8 Å². The van der Waals surface area contributed by atoms with Crippen LogP contribution < -0.4 is 9.62 Å². The van der Waals surface area contributed by atoms with Crippen LogP contribution in [0, 0.1) is 5.82 Å². The predicted molar refractivity (Wildman–Crippen MR) is 177 cm³/mol. The van der Waals surface area contributed by atoms with E-state index in [1.807, 2.05) is 50.7 Å². The molecule has 0 saturated heterocycles. The number of fused-ring (bicyclic) bond motifs is 1. The number of rotatable bonds is 11. The summed E-state index contributed by atoms with van der Waals surface area (Å²) in [4.78, 5) is 20.3. The van der Waals surface area contributed by atoms with Crippen LogP contribution in [0.25, 0.3) is 0 Å². The van der Waals surface area contributed by atoms with Gasteiger partial charge in [0.2, 0.25) is 5.91 Å². The molecule has 0 saturated carbocycles. The summed E-state index contributed by atoms with van der Waals surface area (Å²) < 4.78 is 31.9. The number of carbonyl (C=O) groups excluding carboxylic acids is 1. The number of aromatic nitrogens is 2. The SMILES string of the molecule is C/C=C(\C=C/CC)CCC(=O)N(Cc1nccn1C)c1ccc2c(c1)C(NS(=O)c1cccc(F)c1)CCC2.C=C.CC. The van der Waals surface area contributed by atoms with Crippen LogP contribution in [0.4, 0.5) is 10.1 Å². The van der Waals surface area contributed by atoms with Gasteiger partial charge >= 0.3 is 0 Å². The van der Waals surface area contributed by atoms with Gasteiger partial charge in [0.05, 0.1) is 11.4 Å². The molecule has 8 heteroatoms. The van der Waals surface area contributed by atoms with Gasteiger partial charge in [-0.05, 0) is 80.5 Å². The van der Waals surface area contributed by atoms with E-state index in [9.17, 15) is 13.4 Å². The number of hydrogen-bond donors (Lipinski definition) is 1. The maximum Gasteiger partial charge on any atom is 0.227 e. The highest BCUT2D eigenvalue weighted by atomic mass is 32.2. The molecule has 0 spiro atoms. The van der Waals surface area contributed by atoms with Gasteiger partial charge < -0.3 is 9.47 Å². The second-order valence-electron chi connectivity index (χ2n) is 9.78. The molecular weight excluding hydrogens is 559 g/mol. The first-order valence-electron chi connectivity index (χ1n) is 15.0. The van der Waals surface area contributed by atoms with Gasteiger partial charge in [-0.1, -0.05) is 56.7 Å². The molecule has 6 nitrogen and oxygen atoms in total. The molecule has 4 rings (SSSR count). The number of anilines is 1. The Bertz CT molecular complexity index is 1400. The van der Waals surface area contributed by atoms with Crippen LogP contribution in [-0.4, -0.2) is 19.7 Å². The van der Waals surface area contributed by atoms with E-state index in [4.69, 9.17) is 0 Å². The first-order chi connectivity index (χ1) is 20.9. The van der Waals surface area contributed by atoms with Crippen molar-refractivity contribution in [2.24, 2.45) is 7.05 Å². The van der Waals surface area contributed by atoms with E-state index in [2.05, 4.69) is 54.1 Å². The summed E-state index contributed by atoms with van der Waals surface area (Å²) in [6.45, 7) is 14.4. The molecule has 1 heterocycles. The lowest BCUT2D eigenvalue weighted by atomic mass is 9.87. The molecule has 3 aromatic rings. The average Bonchev–Trinajstić information content (AvgIpc) is 3.45. The lowest BCUT2D eigenvalue weighted by molar-refractivity contribution is -0.118. The second kappa shape index (κ2) is 18.8. The Morgan fingerprint density at radius 1 is 1.21 bits per heavy atom. The van der Waals surface area contributed by atoms with Crippen molar-refractivity contribution in [1.29, 1.82) is 0 Å². The van der Waals surface area contributed by atoms with Crippen molar-refractivity contribution < 1.29 is 13.4 Å². The van der Waals surface area contributed by atoms with Gasteiger partial charge in [-0.15, -0.1) is 13.2 Å². The van der Waals surface area contributed by atoms with Gasteiger partial charge in [-0.25, -0.2) is 18.3 Å². The molecule has 1 N–H and O–H groups in total. The number of carbonyl (C=O) groups is 1. The molecule has 0 aliphatic heterocycles. The van der Waals surface area contributed by atoms with E-state index in [1.54, 1.807) is 23.2 Å². The highest BCUT2D eigenvalue weighted by molar-refractivity contribution is 7.83. The standard InChI is InChI=1S/C31H37FN4O2S.C2H6.C2H4/c1-4-6-9-23(5-2)14-17-31(37)36(22-30-33-18-19-35(30)3)26-16-15-24-10-7-13-29(28(24)21-26)34-39(38)27-12-8-11-25(32)20-27;2*1-2/h5-6,8-9,11-12,15-16,18-21,29,34H,4,7,10,13-14,17,22H2,1-3H3;1-2H3;1-2H2/b9-6-,23-5+;;. The molecule has 0 radical (unpaired) electrons. The van der Waals surface area contributed by atoms with E-state index in [0.717, 1.165) is 48.3 Å². The average molecular weight is 607 g/mol. The smallest absolute Gasteiger partial charge is 0.227 e. The lowest BCUT2D eigenvalue weighted by Crippen LogP contribution is -2.32. The van der Waals surface area contributed by atoms with Crippen LogP contribution in [-0.2, 0) is 35.8 Å². The number of amides is 1. The largest absolute Gasteiger partial charge is 0.337 e. The number of allylic oxidation sites excluding steroid dienone is 4. The minimum absolute atomic E-state index is 0.0193. The Kier molecular flexibility index (Phi) is 15.6. The minimum Gasteiger partial charge on any atom is -0.337 e. The molecule has 232 valence electrons. The molecule has 1 aromatic heterocycles. The maximum atomic E-state index is 13.7. The van der Waals surface area contributed by atoms with Gasteiger partial charge in [-0.3, -0.25) is 4.79 Å². The zero-order valence-electron chi connectivity index (χ0n) is 26.3. The summed E-state index contributed by atoms with van der Waals surface area (Å²) in [7, 11) is 0.361. The topological polar surface area (TPSA) is 67.2 Å². The quantitative estimate of drug-likeness (QED) is 0.176. The van der Waals surface area contributed by atoms with Crippen molar-refractivity contribution >= 4 is 22.6 Å². The predicted octanol–water partition coefficient (Wildman–Crippen LogP) is 8.30. The fraction of sp³-hybridized carbons (Fsp3) is 0.371. The van der Waals surface area contributed by atoms with E-state index >= 15 is 0 Å². The van der Waals surface area contributed by atoms with Gasteiger partial charge in [0, 0.05) is 37.6 Å². The van der Waals surface area contributed by atoms with Gasteiger partial charge in [0.1, 0.15) is 22.6 Å². The second-order valence-corrected chi connectivity index (χ2v) is 11.0. The van der Waals surface area contributed by atoms with Crippen molar-refractivity contribution in [2.75, 3.05) is 4.90 Å². The van der Waals surface area contributed by atoms with Crippen molar-refractivity contribution in [2.45, 2.75) is 83.7 Å². The summed E-state index contributed by atoms with van der Waals surface area (Å²) in [6.07, 6.45) is 14.5. The molecule has 0 bridgehead atoms. The highest BCUT2D eigenvalue weighted by Crippen LogP contribution is 2.34. The number of halogens is 1. The molecule has 1 aliphatic carbocycles. The Hall–Kier alpha value is -3.62. The molecular formula is C35H47FN4O2S. The summed E-state index contributed by atoms with van der Waals surface area (Å²) in [5.41, 5.74) is 4.12. The molecule has 2 unspecified atom stereocenters. The summed E-state index contributed by atoms with van der Waals surface area (Å²) in [5.74, 6) is 0.398. The molecule has 1 amide bonds. The van der Waals surface area contributed by atoms with Gasteiger partial charge in [-0.2, -0.15) is 0 Å². The number of imidazole rings is 1. The van der Waals surface area contributed by atoms with Crippen molar-refractivity contribution in [1.82, 2.24) is 14.3 Å². The molecule has 1 aliphatic rings. The molecule has 0 fully saturated rings. The lowest BCUT2D eigenvalue weighted by Gasteiger charge is -2.29. The van der Waals surface area contributed by atoms with Crippen LogP contribution in [0.5, 0.6) is 0 Å². The number of nitrogens with one attached hydrogen (secondary N) is 1. The Morgan fingerprint density at radius 3 is 2.63 bits per heavy atom. The van der Waals surface area contributed by atoms with Crippen LogP contribution >= 0.6 is 0 Å². The molecule has 2 atom stereocenters. The van der Waals surface area contributed by atoms with Gasteiger partial charge in [0.15, 0.2) is 0 Å². The first kappa shape index (κ1) is 35.6. The minimum atomic E-state index is -1.56. The van der Waals surface area contributed by atoms with E-state index in [1.165, 1.54) is 17.7 Å². The zero-order chi connectivity index (χ0) is 31.8. The van der Waals surface area contributed by atoms with Crippen LogP contribution in [0.2, 0.25) is 0 Å². The molecule has 2 aromatic carbocycles. The first-order valence-corrected chi connectivity index (χ1v) is 16.2. The Balaban J connectivity index is 0.00000155. The third kappa shape index (κ3) is 10.3. The third-order valence-corrected chi connectivity index (χ3v) is 8.28. The monoisotopic (exact) mass is 606 g/mol. The highest BCUT2D eigenvalue weighted by Gasteiger charge is 2.25. The van der Waals surface area contributed by atoms with Crippen molar-refractivity contribution in [3.05, 3.63) is 115 Å². The third-order valence-electron chi connectivity index (χ3n) is 7.10. The zero-order valence-corrected chi connectivity index (χ0v) is 27.1. The summed E-state index contributed by atoms with van der Waals surface area (Å²) >= 11 is 0. The Morgan fingerprint density at radius 2 is 1.98 bits per heavy atom. The number of hydrogen-bond acceptors (Lipinski definition) is 3. The number of aryl methyl sites for hydroxylation is 2. The number of nitrogens with zero attached hydrogens (tertiary/aromatic N) is 3. The van der Waals surface area contributed by atoms with E-state index in [0.29, 0.717) is 24.3 Å². The van der Waals surface area contributed by atoms with Crippen molar-refractivity contribution in [3.63, 3.8) is 0 Å². The van der Waals surface area contributed by atoms with Gasteiger partial charge in [0.25, 0.3) is 0 Å². The summed E-state index contributed by atoms with van der Waals surface area (Å²) in [5, 5.41) is 0. The maximum absolute atomic E-state index is 13.7. The van der Waals surface area contributed by atoms with Crippen LogP contribution in [0.15, 0.2) is 96.7 Å². The Labute approximate surface area is 260 Å². The van der Waals surface area contributed by atoms with E-state index in [-0.39, 0.29) is 11.9 Å². The normalized spacial score (nSPS) is 15.0. The van der Waals surface area contributed by atoms with Crippen LogP contribution in [0.1, 0.15) is 82.8 Å². The summed E-state index contributed by atoms with van der Waals surface area (Å²) in [6, 6.07) is 11.8.